The van der Waals surface area contributed by atoms with Crippen molar-refractivity contribution in [1.29, 1.82) is 0 Å². The van der Waals surface area contributed by atoms with Gasteiger partial charge in [0.15, 0.2) is 0 Å². The van der Waals surface area contributed by atoms with Gasteiger partial charge in [0.2, 0.25) is 0 Å². The Bertz CT molecular complexity index is 238. The van der Waals surface area contributed by atoms with Gasteiger partial charge in [-0.1, -0.05) is 6.92 Å². The van der Waals surface area contributed by atoms with Crippen LogP contribution in [0.3, 0.4) is 0 Å². The molecule has 0 radical (unpaired) electrons. The van der Waals surface area contributed by atoms with E-state index in [0.29, 0.717) is 6.42 Å². The van der Waals surface area contributed by atoms with Gasteiger partial charge in [0.25, 0.3) is 0 Å². The van der Waals surface area contributed by atoms with E-state index < -0.39 is 11.9 Å². The van der Waals surface area contributed by atoms with Crippen LogP contribution in [0.15, 0.2) is 6.20 Å². The molecule has 0 saturated carbocycles. The van der Waals surface area contributed by atoms with Crippen LogP contribution < -0.4 is 0 Å². The van der Waals surface area contributed by atoms with Crippen molar-refractivity contribution in [2.45, 2.75) is 19.5 Å². The summed E-state index contributed by atoms with van der Waals surface area (Å²) in [6.45, 7) is 1.65. The van der Waals surface area contributed by atoms with E-state index in [0.717, 1.165) is 0 Å². The molecule has 11 heavy (non-hydrogen) atoms. The lowest BCUT2D eigenvalue weighted by molar-refractivity contribution is -0.141. The van der Waals surface area contributed by atoms with Crippen molar-refractivity contribution in [3.63, 3.8) is 0 Å². The van der Waals surface area contributed by atoms with E-state index in [1.807, 2.05) is 5.10 Å². The number of aromatic nitrogens is 2. The predicted octanol–water partition coefficient (Wildman–Crippen LogP) is 1.99. The second kappa shape index (κ2) is 2.56. The topological polar surface area (TPSA) is 28.7 Å². The lowest BCUT2D eigenvalue weighted by Gasteiger charge is -2.04. The smallest absolute Gasteiger partial charge is 0.273 e. The van der Waals surface area contributed by atoms with Crippen LogP contribution in [0.5, 0.6) is 0 Å². The van der Waals surface area contributed by atoms with Gasteiger partial charge in [0.05, 0.1) is 6.20 Å². The van der Waals surface area contributed by atoms with Crippen molar-refractivity contribution in [2.24, 2.45) is 0 Å². The van der Waals surface area contributed by atoms with E-state index in [2.05, 4.69) is 5.10 Å². The Morgan fingerprint density at radius 3 is 2.55 bits per heavy atom. The highest BCUT2D eigenvalue weighted by Gasteiger charge is 2.34. The fraction of sp³-hybridized carbons (Fsp3) is 0.500. The highest BCUT2D eigenvalue weighted by atomic mass is 19.4. The number of rotatable bonds is 1. The maximum Gasteiger partial charge on any atom is 0.433 e. The average molecular weight is 164 g/mol. The summed E-state index contributed by atoms with van der Waals surface area (Å²) in [4.78, 5) is 0. The highest BCUT2D eigenvalue weighted by Crippen LogP contribution is 2.29. The predicted molar refractivity (Wildman–Crippen MR) is 33.0 cm³/mol. The molecular formula is C6H7F3N2. The summed E-state index contributed by atoms with van der Waals surface area (Å²) in [6.07, 6.45) is -2.77. The maximum atomic E-state index is 12.0. The van der Waals surface area contributed by atoms with Gasteiger partial charge in [-0.3, -0.25) is 5.10 Å². The highest BCUT2D eigenvalue weighted by molar-refractivity contribution is 5.18. The summed E-state index contributed by atoms with van der Waals surface area (Å²) in [7, 11) is 0. The molecule has 62 valence electrons. The summed E-state index contributed by atoms with van der Waals surface area (Å²) < 4.78 is 36.0. The van der Waals surface area contributed by atoms with E-state index in [1.54, 1.807) is 6.92 Å². The summed E-state index contributed by atoms with van der Waals surface area (Å²) in [5, 5.41) is 5.24. The van der Waals surface area contributed by atoms with Gasteiger partial charge in [-0.15, -0.1) is 0 Å². The van der Waals surface area contributed by atoms with Gasteiger partial charge in [0.1, 0.15) is 5.69 Å². The number of aromatic amines is 1. The van der Waals surface area contributed by atoms with Crippen LogP contribution in [-0.4, -0.2) is 10.2 Å². The molecule has 1 rings (SSSR count). The van der Waals surface area contributed by atoms with Crippen LogP contribution in [0, 0.1) is 0 Å². The Balaban J connectivity index is 3.02. The van der Waals surface area contributed by atoms with Crippen molar-refractivity contribution < 1.29 is 13.2 Å². The Labute approximate surface area is 61.4 Å². The number of halogens is 3. The molecule has 5 heteroatoms. The van der Waals surface area contributed by atoms with Gasteiger partial charge in [-0.2, -0.15) is 18.3 Å². The van der Waals surface area contributed by atoms with Gasteiger partial charge in [0, 0.05) is 5.56 Å². The first-order chi connectivity index (χ1) is 5.05. The van der Waals surface area contributed by atoms with Crippen molar-refractivity contribution >= 4 is 0 Å². The molecule has 0 aliphatic rings. The number of hydrogen-bond donors (Lipinski definition) is 1. The van der Waals surface area contributed by atoms with Crippen LogP contribution in [0.2, 0.25) is 0 Å². The summed E-state index contributed by atoms with van der Waals surface area (Å²) >= 11 is 0. The zero-order valence-corrected chi connectivity index (χ0v) is 5.87. The SMILES string of the molecule is CCc1cn[nH]c1C(F)(F)F. The summed E-state index contributed by atoms with van der Waals surface area (Å²) in [5.41, 5.74) is -0.530. The number of hydrogen-bond acceptors (Lipinski definition) is 1. The maximum absolute atomic E-state index is 12.0. The van der Waals surface area contributed by atoms with Crippen LogP contribution in [-0.2, 0) is 12.6 Å². The lowest BCUT2D eigenvalue weighted by atomic mass is 10.2. The van der Waals surface area contributed by atoms with E-state index in [1.165, 1.54) is 6.20 Å². The standard InChI is InChI=1S/C6H7F3N2/c1-2-4-3-10-11-5(4)6(7,8)9/h3H,2H2,1H3,(H,10,11). The second-order valence-corrected chi connectivity index (χ2v) is 2.12. The van der Waals surface area contributed by atoms with Crippen LogP contribution in [0.1, 0.15) is 18.2 Å². The molecule has 0 aliphatic carbocycles. The molecule has 1 aromatic rings. The molecule has 0 fully saturated rings. The molecule has 0 aliphatic heterocycles. The Hall–Kier alpha value is -1.00. The minimum atomic E-state index is -4.30. The van der Waals surface area contributed by atoms with E-state index >= 15 is 0 Å². The minimum absolute atomic E-state index is 0.206. The number of nitrogens with one attached hydrogen (secondary N) is 1. The van der Waals surface area contributed by atoms with Gasteiger partial charge in [-0.05, 0) is 6.42 Å². The van der Waals surface area contributed by atoms with Crippen molar-refractivity contribution in [1.82, 2.24) is 10.2 Å². The Morgan fingerprint density at radius 2 is 2.18 bits per heavy atom. The molecular weight excluding hydrogens is 157 g/mol. The van der Waals surface area contributed by atoms with E-state index in [4.69, 9.17) is 0 Å². The molecule has 0 bridgehead atoms. The zero-order chi connectivity index (χ0) is 8.48. The molecule has 0 unspecified atom stereocenters. The molecule has 0 atom stereocenters. The van der Waals surface area contributed by atoms with E-state index in [9.17, 15) is 13.2 Å². The third-order valence-corrected chi connectivity index (χ3v) is 1.38. The quantitative estimate of drug-likeness (QED) is 0.675. The van der Waals surface area contributed by atoms with Gasteiger partial charge >= 0.3 is 6.18 Å². The lowest BCUT2D eigenvalue weighted by Crippen LogP contribution is -2.08. The molecule has 2 nitrogen and oxygen atoms in total. The number of H-pyrrole nitrogens is 1. The third kappa shape index (κ3) is 1.53. The Kier molecular flexibility index (Phi) is 1.89. The van der Waals surface area contributed by atoms with E-state index in [-0.39, 0.29) is 5.56 Å². The zero-order valence-electron chi connectivity index (χ0n) is 5.87. The molecule has 0 spiro atoms. The largest absolute Gasteiger partial charge is 0.433 e. The summed E-state index contributed by atoms with van der Waals surface area (Å²) in [6, 6.07) is 0. The van der Waals surface area contributed by atoms with Crippen molar-refractivity contribution in [3.8, 4) is 0 Å². The third-order valence-electron chi connectivity index (χ3n) is 1.38. The number of aryl methyl sites for hydroxylation is 1. The molecule has 0 saturated heterocycles. The van der Waals surface area contributed by atoms with Crippen LogP contribution in [0.4, 0.5) is 13.2 Å². The molecule has 1 N–H and O–H groups in total. The normalized spacial score (nSPS) is 12.0. The fourth-order valence-corrected chi connectivity index (χ4v) is 0.825. The number of nitrogens with zero attached hydrogens (tertiary/aromatic N) is 1. The van der Waals surface area contributed by atoms with Gasteiger partial charge in [-0.25, -0.2) is 0 Å². The number of alkyl halides is 3. The Morgan fingerprint density at radius 1 is 1.55 bits per heavy atom. The van der Waals surface area contributed by atoms with Crippen LogP contribution in [0.25, 0.3) is 0 Å². The molecule has 1 heterocycles. The molecule has 0 aromatic carbocycles. The second-order valence-electron chi connectivity index (χ2n) is 2.12. The van der Waals surface area contributed by atoms with Crippen LogP contribution >= 0.6 is 0 Å². The molecule has 0 amide bonds. The van der Waals surface area contributed by atoms with Crippen molar-refractivity contribution in [2.75, 3.05) is 0 Å². The molecule has 1 aromatic heterocycles. The first-order valence-corrected chi connectivity index (χ1v) is 3.15. The first kappa shape index (κ1) is 8.10. The average Bonchev–Trinajstić information content (AvgIpc) is 2.31. The monoisotopic (exact) mass is 164 g/mol. The first-order valence-electron chi connectivity index (χ1n) is 3.15. The minimum Gasteiger partial charge on any atom is -0.273 e. The fourth-order valence-electron chi connectivity index (χ4n) is 0.825. The van der Waals surface area contributed by atoms with Gasteiger partial charge < -0.3 is 0 Å². The van der Waals surface area contributed by atoms with Crippen molar-refractivity contribution in [3.05, 3.63) is 17.5 Å². The summed E-state index contributed by atoms with van der Waals surface area (Å²) in [5.74, 6) is 0.